The molecule has 7 heteroatoms. The van der Waals surface area contributed by atoms with Crippen molar-refractivity contribution in [1.82, 2.24) is 9.97 Å². The average Bonchev–Trinajstić information content (AvgIpc) is 2.88. The van der Waals surface area contributed by atoms with Gasteiger partial charge >= 0.3 is 0 Å². The van der Waals surface area contributed by atoms with Gasteiger partial charge in [0.2, 0.25) is 0 Å². The van der Waals surface area contributed by atoms with E-state index < -0.39 is 0 Å². The third-order valence-electron chi connectivity index (χ3n) is 5.26. The van der Waals surface area contributed by atoms with Gasteiger partial charge in [0.1, 0.15) is 5.75 Å². The summed E-state index contributed by atoms with van der Waals surface area (Å²) in [5.74, 6) is 1.16. The molecule has 0 spiro atoms. The second-order valence-corrected chi connectivity index (χ2v) is 9.28. The summed E-state index contributed by atoms with van der Waals surface area (Å²) in [7, 11) is 0. The fraction of sp³-hybridized carbons (Fsp3) is 0.179. The molecule has 0 saturated carbocycles. The first-order valence-electron chi connectivity index (χ1n) is 11.3. The average molecular weight is 504 g/mol. The molecule has 4 aromatic rings. The molecule has 0 bridgehead atoms. The lowest BCUT2D eigenvalue weighted by molar-refractivity contribution is 0.0979. The van der Waals surface area contributed by atoms with Crippen molar-refractivity contribution in [3.63, 3.8) is 0 Å². The highest BCUT2D eigenvalue weighted by molar-refractivity contribution is 7.98. The van der Waals surface area contributed by atoms with Crippen LogP contribution in [-0.4, -0.2) is 22.5 Å². The third-order valence-corrected chi connectivity index (χ3v) is 6.47. The van der Waals surface area contributed by atoms with E-state index in [0.29, 0.717) is 24.1 Å². The highest BCUT2D eigenvalue weighted by Gasteiger charge is 2.23. The minimum atomic E-state index is -0.289. The van der Waals surface area contributed by atoms with E-state index in [2.05, 4.69) is 35.1 Å². The molecule has 5 nitrogen and oxygen atoms in total. The molecule has 0 aliphatic rings. The molecule has 178 valence electrons. The number of thioether (sulfide) groups is 1. The van der Waals surface area contributed by atoms with Crippen LogP contribution in [0, 0.1) is 6.92 Å². The van der Waals surface area contributed by atoms with Gasteiger partial charge in [-0.05, 0) is 49.2 Å². The molecule has 0 radical (unpaired) electrons. The first-order chi connectivity index (χ1) is 17.0. The van der Waals surface area contributed by atoms with Crippen LogP contribution >= 0.6 is 23.4 Å². The van der Waals surface area contributed by atoms with Crippen LogP contribution in [0.15, 0.2) is 90.2 Å². The molecule has 1 amide bonds. The van der Waals surface area contributed by atoms with Crippen molar-refractivity contribution < 1.29 is 9.53 Å². The molecule has 1 aromatic heterocycles. The zero-order valence-electron chi connectivity index (χ0n) is 19.6. The number of ether oxygens (including phenoxy) is 1. The van der Waals surface area contributed by atoms with Gasteiger partial charge < -0.3 is 9.64 Å². The van der Waals surface area contributed by atoms with Gasteiger partial charge in [0, 0.05) is 11.4 Å². The van der Waals surface area contributed by atoms with Gasteiger partial charge in [0.05, 0.1) is 24.4 Å². The lowest BCUT2D eigenvalue weighted by Crippen LogP contribution is -2.31. The number of halogens is 1. The van der Waals surface area contributed by atoms with E-state index in [1.807, 2.05) is 67.6 Å². The predicted molar refractivity (Wildman–Crippen MR) is 142 cm³/mol. The standard InChI is InChI=1S/C28H26ClN3O2S/c1-3-34-24-14-12-23(13-15-24)32(18-21-9-5-4-6-10-21)27(33)26-25(29)17-30-28(31-26)35-19-22-11-7-8-20(2)16-22/h4-17H,3,18-19H2,1-2H3. The highest BCUT2D eigenvalue weighted by Crippen LogP contribution is 2.27. The zero-order chi connectivity index (χ0) is 24.6. The number of aromatic nitrogens is 2. The van der Waals surface area contributed by atoms with Gasteiger partial charge in [-0.3, -0.25) is 4.79 Å². The van der Waals surface area contributed by atoms with E-state index >= 15 is 0 Å². The summed E-state index contributed by atoms with van der Waals surface area (Å²) in [5, 5.41) is 0.726. The second-order valence-electron chi connectivity index (χ2n) is 7.93. The SMILES string of the molecule is CCOc1ccc(N(Cc2ccccc2)C(=O)c2nc(SCc3cccc(C)c3)ncc2Cl)cc1. The largest absolute Gasteiger partial charge is 0.494 e. The molecule has 1 heterocycles. The van der Waals surface area contributed by atoms with E-state index in [0.717, 1.165) is 17.0 Å². The van der Waals surface area contributed by atoms with Crippen LogP contribution < -0.4 is 9.64 Å². The number of hydrogen-bond acceptors (Lipinski definition) is 5. The molecule has 35 heavy (non-hydrogen) atoms. The van der Waals surface area contributed by atoms with Crippen LogP contribution in [0.4, 0.5) is 5.69 Å². The molecule has 3 aromatic carbocycles. The highest BCUT2D eigenvalue weighted by atomic mass is 35.5. The van der Waals surface area contributed by atoms with Crippen LogP contribution in [0.3, 0.4) is 0 Å². The Hall–Kier alpha value is -3.35. The maximum atomic E-state index is 13.8. The first kappa shape index (κ1) is 24.8. The van der Waals surface area contributed by atoms with Crippen LogP contribution in [0.5, 0.6) is 5.75 Å². The number of rotatable bonds is 9. The number of carbonyl (C=O) groups excluding carboxylic acids is 1. The second kappa shape index (κ2) is 11.9. The van der Waals surface area contributed by atoms with Crippen molar-refractivity contribution in [1.29, 1.82) is 0 Å². The molecule has 0 saturated heterocycles. The topological polar surface area (TPSA) is 55.3 Å². The molecule has 0 aliphatic carbocycles. The van der Waals surface area contributed by atoms with Gasteiger partial charge in [0.15, 0.2) is 10.9 Å². The summed E-state index contributed by atoms with van der Waals surface area (Å²) in [6.45, 7) is 4.95. The van der Waals surface area contributed by atoms with E-state index in [9.17, 15) is 4.79 Å². The molecule has 0 unspecified atom stereocenters. The van der Waals surface area contributed by atoms with Crippen LogP contribution in [0.2, 0.25) is 5.02 Å². The van der Waals surface area contributed by atoms with Gasteiger partial charge in [-0.1, -0.05) is 83.5 Å². The van der Waals surface area contributed by atoms with E-state index in [1.54, 1.807) is 4.90 Å². The van der Waals surface area contributed by atoms with Crippen molar-refractivity contribution in [2.24, 2.45) is 0 Å². The van der Waals surface area contributed by atoms with E-state index in [4.69, 9.17) is 16.3 Å². The summed E-state index contributed by atoms with van der Waals surface area (Å²) in [5.41, 5.74) is 4.27. The Kier molecular flexibility index (Phi) is 8.40. The Morgan fingerprint density at radius 1 is 1.00 bits per heavy atom. The summed E-state index contributed by atoms with van der Waals surface area (Å²) in [4.78, 5) is 24.3. The monoisotopic (exact) mass is 503 g/mol. The fourth-order valence-corrected chi connectivity index (χ4v) is 4.51. The molecular weight excluding hydrogens is 478 g/mol. The maximum Gasteiger partial charge on any atom is 0.278 e. The summed E-state index contributed by atoms with van der Waals surface area (Å²) < 4.78 is 5.56. The van der Waals surface area contributed by atoms with Crippen molar-refractivity contribution in [2.75, 3.05) is 11.5 Å². The number of amides is 1. The Balaban J connectivity index is 1.61. The van der Waals surface area contributed by atoms with Crippen molar-refractivity contribution in [2.45, 2.75) is 31.3 Å². The minimum Gasteiger partial charge on any atom is -0.494 e. The van der Waals surface area contributed by atoms with Gasteiger partial charge in [-0.2, -0.15) is 0 Å². The number of carbonyl (C=O) groups is 1. The number of benzene rings is 3. The molecule has 4 rings (SSSR count). The van der Waals surface area contributed by atoms with Gasteiger partial charge in [-0.25, -0.2) is 9.97 Å². The Morgan fingerprint density at radius 2 is 1.74 bits per heavy atom. The van der Waals surface area contributed by atoms with Crippen LogP contribution in [0.25, 0.3) is 0 Å². The zero-order valence-corrected chi connectivity index (χ0v) is 21.2. The Morgan fingerprint density at radius 3 is 2.46 bits per heavy atom. The number of anilines is 1. The number of aryl methyl sites for hydroxylation is 1. The smallest absolute Gasteiger partial charge is 0.278 e. The predicted octanol–water partition coefficient (Wildman–Crippen LogP) is 6.98. The fourth-order valence-electron chi connectivity index (χ4n) is 3.58. The lowest BCUT2D eigenvalue weighted by Gasteiger charge is -2.23. The number of hydrogen-bond donors (Lipinski definition) is 0. The Labute approximate surface area is 215 Å². The van der Waals surface area contributed by atoms with Gasteiger partial charge in [-0.15, -0.1) is 0 Å². The van der Waals surface area contributed by atoms with Crippen LogP contribution in [-0.2, 0) is 12.3 Å². The Bertz CT molecular complexity index is 1280. The summed E-state index contributed by atoms with van der Waals surface area (Å²) in [6.07, 6.45) is 1.50. The van der Waals surface area contributed by atoms with Crippen molar-refractivity contribution in [3.05, 3.63) is 112 Å². The maximum absolute atomic E-state index is 13.8. The van der Waals surface area contributed by atoms with Crippen LogP contribution in [0.1, 0.15) is 34.1 Å². The quantitative estimate of drug-likeness (QED) is 0.182. The molecule has 0 atom stereocenters. The normalized spacial score (nSPS) is 10.7. The van der Waals surface area contributed by atoms with Crippen molar-refractivity contribution >= 4 is 35.0 Å². The van der Waals surface area contributed by atoms with E-state index in [1.165, 1.54) is 29.1 Å². The summed E-state index contributed by atoms with van der Waals surface area (Å²) >= 11 is 7.90. The lowest BCUT2D eigenvalue weighted by atomic mass is 10.1. The van der Waals surface area contributed by atoms with Crippen molar-refractivity contribution in [3.8, 4) is 5.75 Å². The summed E-state index contributed by atoms with van der Waals surface area (Å²) in [6, 6.07) is 25.6. The molecule has 0 aliphatic heterocycles. The third kappa shape index (κ3) is 6.62. The van der Waals surface area contributed by atoms with Gasteiger partial charge in [0.25, 0.3) is 5.91 Å². The minimum absolute atomic E-state index is 0.179. The first-order valence-corrected chi connectivity index (χ1v) is 12.7. The number of nitrogens with zero attached hydrogens (tertiary/aromatic N) is 3. The molecule has 0 N–H and O–H groups in total. The molecular formula is C28H26ClN3O2S. The van der Waals surface area contributed by atoms with E-state index in [-0.39, 0.29) is 16.6 Å². The molecule has 0 fully saturated rings.